The molecule has 3 aromatic carbocycles. The third-order valence-corrected chi connectivity index (χ3v) is 9.47. The molecule has 2 amide bonds. The van der Waals surface area contributed by atoms with Crippen LogP contribution in [0, 0.1) is 0 Å². The number of amides is 2. The van der Waals surface area contributed by atoms with Gasteiger partial charge in [0.05, 0.1) is 35.3 Å². The lowest BCUT2D eigenvalue weighted by Crippen LogP contribution is -2.47. The van der Waals surface area contributed by atoms with E-state index < -0.39 is 35.3 Å². The van der Waals surface area contributed by atoms with E-state index in [2.05, 4.69) is 31.2 Å². The number of hydrogen-bond acceptors (Lipinski definition) is 6. The van der Waals surface area contributed by atoms with Gasteiger partial charge in [-0.3, -0.25) is 18.7 Å². The summed E-state index contributed by atoms with van der Waals surface area (Å²) in [7, 11) is 0. The van der Waals surface area contributed by atoms with Crippen LogP contribution in [0.4, 0.5) is 13.2 Å². The highest BCUT2D eigenvalue weighted by atomic mass is 79.9. The van der Waals surface area contributed by atoms with Crippen LogP contribution in [0.3, 0.4) is 0 Å². The zero-order valence-corrected chi connectivity index (χ0v) is 28.2. The number of carbonyl (C=O) groups excluding carboxylic acids is 2. The highest BCUT2D eigenvalue weighted by molar-refractivity contribution is 9.10. The first kappa shape index (κ1) is 33.3. The molecule has 1 unspecified atom stereocenters. The third-order valence-electron chi connectivity index (χ3n) is 8.78. The number of alkyl halides is 3. The minimum atomic E-state index is -4.68. The molecule has 1 fully saturated rings. The first-order valence-electron chi connectivity index (χ1n) is 15.9. The first-order valence-corrected chi connectivity index (χ1v) is 16.7. The number of fused-ring (bicyclic) bond motifs is 1. The summed E-state index contributed by atoms with van der Waals surface area (Å²) in [5, 5.41) is 2.95. The van der Waals surface area contributed by atoms with Gasteiger partial charge >= 0.3 is 11.9 Å². The van der Waals surface area contributed by atoms with E-state index in [4.69, 9.17) is 4.74 Å². The first-order chi connectivity index (χ1) is 24.0. The number of imidazole rings is 1. The summed E-state index contributed by atoms with van der Waals surface area (Å²) in [4.78, 5) is 51.8. The van der Waals surface area contributed by atoms with Crippen molar-refractivity contribution >= 4 is 27.7 Å². The van der Waals surface area contributed by atoms with Crippen LogP contribution in [-0.4, -0.2) is 48.0 Å². The zero-order chi connectivity index (χ0) is 35.2. The van der Waals surface area contributed by atoms with Crippen LogP contribution in [0.5, 0.6) is 5.75 Å². The van der Waals surface area contributed by atoms with Gasteiger partial charge in [-0.05, 0) is 73.9 Å². The van der Waals surface area contributed by atoms with Crippen molar-refractivity contribution in [2.75, 3.05) is 0 Å². The summed E-state index contributed by atoms with van der Waals surface area (Å²) < 4.78 is 49.6. The summed E-state index contributed by atoms with van der Waals surface area (Å²) >= 11 is 2.93. The summed E-state index contributed by atoms with van der Waals surface area (Å²) in [5.41, 5.74) is 1.29. The second kappa shape index (κ2) is 13.2. The Morgan fingerprint density at radius 1 is 1.04 bits per heavy atom. The molecule has 0 spiro atoms. The minimum absolute atomic E-state index is 0.0156. The standard InChI is InChI=1S/C36H30BrF3N6O4/c1-21-18-45-31(19-44(21)34(48)22-6-13-29(37)28(16-22)36(38,39)40)32(46(35(45)49)24-7-9-25(10-8-24)50-26-11-12-26)33(47)42-17-23-4-2-3-5-27(23)30-14-15-41-20-43-30/h2-10,13-16,20-21,26H,11-12,17-19H2,1H3,(H,42,47). The fourth-order valence-corrected chi connectivity index (χ4v) is 6.56. The van der Waals surface area contributed by atoms with Crippen LogP contribution < -0.4 is 15.7 Å². The molecule has 50 heavy (non-hydrogen) atoms. The second-order valence-corrected chi connectivity index (χ2v) is 13.1. The smallest absolute Gasteiger partial charge is 0.417 e. The Labute approximate surface area is 292 Å². The van der Waals surface area contributed by atoms with Gasteiger partial charge in [-0.1, -0.05) is 40.2 Å². The number of nitrogens with zero attached hydrogens (tertiary/aromatic N) is 5. The molecule has 256 valence electrons. The lowest BCUT2D eigenvalue weighted by molar-refractivity contribution is -0.138. The number of benzene rings is 3. The van der Waals surface area contributed by atoms with Crippen molar-refractivity contribution in [1.29, 1.82) is 0 Å². The maximum Gasteiger partial charge on any atom is 0.417 e. The second-order valence-electron chi connectivity index (χ2n) is 12.2. The Kier molecular flexibility index (Phi) is 8.80. The van der Waals surface area contributed by atoms with E-state index in [1.165, 1.54) is 32.5 Å². The number of halogens is 4. The van der Waals surface area contributed by atoms with E-state index in [-0.39, 0.29) is 47.2 Å². The molecule has 1 aliphatic carbocycles. The van der Waals surface area contributed by atoms with Crippen molar-refractivity contribution in [3.63, 3.8) is 0 Å². The molecular weight excluding hydrogens is 717 g/mol. The lowest BCUT2D eigenvalue weighted by atomic mass is 10.0. The van der Waals surface area contributed by atoms with Crippen LogP contribution in [0.15, 0.2) is 94.6 Å². The summed E-state index contributed by atoms with van der Waals surface area (Å²) in [6, 6.07) is 18.8. The molecule has 1 atom stereocenters. The van der Waals surface area contributed by atoms with Gasteiger partial charge in [0.15, 0.2) is 0 Å². The van der Waals surface area contributed by atoms with Gasteiger partial charge in [-0.2, -0.15) is 13.2 Å². The molecule has 7 rings (SSSR count). The van der Waals surface area contributed by atoms with Crippen molar-refractivity contribution in [3.8, 4) is 22.7 Å². The fraction of sp³-hybridized carbons (Fsp3) is 0.250. The highest BCUT2D eigenvalue weighted by Crippen LogP contribution is 2.36. The predicted octanol–water partition coefficient (Wildman–Crippen LogP) is 6.39. The Hall–Kier alpha value is -5.24. The largest absolute Gasteiger partial charge is 0.490 e. The van der Waals surface area contributed by atoms with Crippen LogP contribution in [0.1, 0.15) is 57.4 Å². The zero-order valence-electron chi connectivity index (χ0n) is 26.7. The van der Waals surface area contributed by atoms with E-state index in [1.807, 2.05) is 24.3 Å². The molecule has 5 aromatic rings. The molecule has 14 heteroatoms. The summed E-state index contributed by atoms with van der Waals surface area (Å²) in [6.07, 6.45) is 0.491. The molecule has 1 N–H and O–H groups in total. The Bertz CT molecular complexity index is 2150. The minimum Gasteiger partial charge on any atom is -0.490 e. The molecule has 0 bridgehead atoms. The molecule has 2 aliphatic rings. The topological polar surface area (TPSA) is 111 Å². The van der Waals surface area contributed by atoms with E-state index in [9.17, 15) is 27.6 Å². The molecule has 1 saturated carbocycles. The van der Waals surface area contributed by atoms with Crippen LogP contribution >= 0.6 is 15.9 Å². The lowest BCUT2D eigenvalue weighted by Gasteiger charge is -2.34. The SMILES string of the molecule is CC1Cn2c(c(C(=O)NCc3ccccc3-c3ccncn3)n(-c3ccc(OC4CC4)cc3)c2=O)CN1C(=O)c1ccc(Br)c(C(F)(F)F)c1. The number of carbonyl (C=O) groups is 2. The van der Waals surface area contributed by atoms with Gasteiger partial charge < -0.3 is 15.0 Å². The Morgan fingerprint density at radius 3 is 2.50 bits per heavy atom. The van der Waals surface area contributed by atoms with Crippen molar-refractivity contribution in [2.24, 2.45) is 0 Å². The van der Waals surface area contributed by atoms with E-state index in [1.54, 1.807) is 43.5 Å². The molecule has 3 heterocycles. The van der Waals surface area contributed by atoms with Crippen molar-refractivity contribution in [1.82, 2.24) is 29.3 Å². The number of ether oxygens (including phenoxy) is 1. The van der Waals surface area contributed by atoms with Gasteiger partial charge in [0.25, 0.3) is 11.8 Å². The molecule has 0 radical (unpaired) electrons. The van der Waals surface area contributed by atoms with E-state index in [0.717, 1.165) is 30.0 Å². The van der Waals surface area contributed by atoms with Gasteiger partial charge in [-0.15, -0.1) is 0 Å². The van der Waals surface area contributed by atoms with Crippen molar-refractivity contribution in [2.45, 2.75) is 57.7 Å². The normalized spacial score (nSPS) is 15.8. The monoisotopic (exact) mass is 746 g/mol. The highest BCUT2D eigenvalue weighted by Gasteiger charge is 2.37. The van der Waals surface area contributed by atoms with Gasteiger partial charge in [0.2, 0.25) is 0 Å². The summed E-state index contributed by atoms with van der Waals surface area (Å²) in [5.74, 6) is -0.594. The summed E-state index contributed by atoms with van der Waals surface area (Å²) in [6.45, 7) is 1.63. The maximum atomic E-state index is 14.2. The fourth-order valence-electron chi connectivity index (χ4n) is 6.09. The molecular formula is C36H30BrF3N6O4. The average Bonchev–Trinajstić information content (AvgIpc) is 3.89. The van der Waals surface area contributed by atoms with Crippen LogP contribution in [0.25, 0.3) is 16.9 Å². The van der Waals surface area contributed by atoms with Crippen molar-refractivity contribution in [3.05, 3.63) is 128 Å². The molecule has 2 aromatic heterocycles. The third kappa shape index (κ3) is 6.54. The quantitative estimate of drug-likeness (QED) is 0.197. The number of nitrogens with one attached hydrogen (secondary N) is 1. The van der Waals surface area contributed by atoms with Gasteiger partial charge in [0, 0.05) is 40.9 Å². The Morgan fingerprint density at radius 2 is 1.80 bits per heavy atom. The van der Waals surface area contributed by atoms with Crippen molar-refractivity contribution < 1.29 is 27.5 Å². The Balaban J connectivity index is 1.26. The van der Waals surface area contributed by atoms with E-state index >= 15 is 0 Å². The maximum absolute atomic E-state index is 14.2. The molecule has 0 saturated heterocycles. The number of aromatic nitrogens is 4. The van der Waals surface area contributed by atoms with E-state index in [0.29, 0.717) is 17.1 Å². The van der Waals surface area contributed by atoms with Crippen LogP contribution in [0.2, 0.25) is 0 Å². The average molecular weight is 748 g/mol. The molecule has 1 aliphatic heterocycles. The number of hydrogen-bond donors (Lipinski definition) is 1. The number of rotatable bonds is 8. The predicted molar refractivity (Wildman–Crippen MR) is 181 cm³/mol. The van der Waals surface area contributed by atoms with Gasteiger partial charge in [-0.25, -0.2) is 14.8 Å². The van der Waals surface area contributed by atoms with Gasteiger partial charge in [0.1, 0.15) is 17.8 Å². The van der Waals surface area contributed by atoms with Crippen LogP contribution in [-0.2, 0) is 25.8 Å². The molecule has 10 nitrogen and oxygen atoms in total.